The smallest absolute Gasteiger partial charge is 0.330 e. The Hall–Kier alpha value is -3.14. The SMILES string of the molecule is CCN(CC(=O)Nc1ccccc1C(F)(F)F)C(=O)c1ccc(Cl)c([N+](=O)[O-])c1. The van der Waals surface area contributed by atoms with Crippen LogP contribution in [0.15, 0.2) is 42.5 Å². The zero-order valence-corrected chi connectivity index (χ0v) is 15.8. The molecule has 2 rings (SSSR count). The van der Waals surface area contributed by atoms with Crippen LogP contribution in [0, 0.1) is 10.1 Å². The molecule has 0 saturated carbocycles. The molecular formula is C18H15ClF3N3O4. The highest BCUT2D eigenvalue weighted by Crippen LogP contribution is 2.34. The van der Waals surface area contributed by atoms with Crippen LogP contribution in [0.2, 0.25) is 5.02 Å². The molecule has 0 aromatic heterocycles. The number of nitro groups is 1. The van der Waals surface area contributed by atoms with Crippen LogP contribution in [0.4, 0.5) is 24.5 Å². The molecule has 0 heterocycles. The van der Waals surface area contributed by atoms with Crippen LogP contribution in [0.25, 0.3) is 0 Å². The van der Waals surface area contributed by atoms with Crippen molar-refractivity contribution in [3.63, 3.8) is 0 Å². The molecule has 2 aromatic carbocycles. The molecule has 0 aliphatic carbocycles. The van der Waals surface area contributed by atoms with E-state index in [0.717, 1.165) is 23.1 Å². The Labute approximate surface area is 168 Å². The number of alkyl halides is 3. The van der Waals surface area contributed by atoms with Crippen LogP contribution < -0.4 is 5.32 Å². The van der Waals surface area contributed by atoms with Gasteiger partial charge in [-0.1, -0.05) is 23.7 Å². The Morgan fingerprint density at radius 2 is 1.86 bits per heavy atom. The second-order valence-electron chi connectivity index (χ2n) is 5.83. The Bertz CT molecular complexity index is 950. The first-order valence-corrected chi connectivity index (χ1v) is 8.61. The highest BCUT2D eigenvalue weighted by atomic mass is 35.5. The van der Waals surface area contributed by atoms with Crippen molar-refractivity contribution in [3.8, 4) is 0 Å². The number of hydrogen-bond donors (Lipinski definition) is 1. The minimum atomic E-state index is -4.66. The summed E-state index contributed by atoms with van der Waals surface area (Å²) in [4.78, 5) is 36.1. The first kappa shape index (κ1) is 22.2. The summed E-state index contributed by atoms with van der Waals surface area (Å²) < 4.78 is 39.1. The first-order chi connectivity index (χ1) is 13.5. The molecule has 0 unspecified atom stereocenters. The summed E-state index contributed by atoms with van der Waals surface area (Å²) in [5.41, 5.74) is -2.00. The van der Waals surface area contributed by atoms with Gasteiger partial charge in [0.15, 0.2) is 0 Å². The van der Waals surface area contributed by atoms with E-state index in [1.54, 1.807) is 6.92 Å². The summed E-state index contributed by atoms with van der Waals surface area (Å²) in [6.45, 7) is 1.06. The fourth-order valence-electron chi connectivity index (χ4n) is 2.50. The normalized spacial score (nSPS) is 11.1. The van der Waals surface area contributed by atoms with Crippen LogP contribution in [0.3, 0.4) is 0 Å². The number of nitrogens with one attached hydrogen (secondary N) is 1. The lowest BCUT2D eigenvalue weighted by molar-refractivity contribution is -0.384. The predicted molar refractivity (Wildman–Crippen MR) is 99.8 cm³/mol. The third-order valence-electron chi connectivity index (χ3n) is 3.90. The number of amides is 2. The van der Waals surface area contributed by atoms with Gasteiger partial charge < -0.3 is 10.2 Å². The van der Waals surface area contributed by atoms with Gasteiger partial charge in [-0.25, -0.2) is 0 Å². The van der Waals surface area contributed by atoms with Gasteiger partial charge in [0, 0.05) is 18.2 Å². The van der Waals surface area contributed by atoms with E-state index >= 15 is 0 Å². The van der Waals surface area contributed by atoms with Crippen molar-refractivity contribution in [2.24, 2.45) is 0 Å². The second-order valence-corrected chi connectivity index (χ2v) is 6.24. The summed E-state index contributed by atoms with van der Waals surface area (Å²) in [5, 5.41) is 13.0. The van der Waals surface area contributed by atoms with Gasteiger partial charge in [-0.2, -0.15) is 13.2 Å². The van der Waals surface area contributed by atoms with E-state index in [9.17, 15) is 32.9 Å². The van der Waals surface area contributed by atoms with Crippen molar-refractivity contribution in [1.82, 2.24) is 4.90 Å². The number of benzene rings is 2. The number of carbonyl (C=O) groups excluding carboxylic acids is 2. The maximum atomic E-state index is 13.0. The lowest BCUT2D eigenvalue weighted by atomic mass is 10.1. The van der Waals surface area contributed by atoms with E-state index in [1.165, 1.54) is 24.3 Å². The Kier molecular flexibility index (Phi) is 6.80. The number of anilines is 1. The van der Waals surface area contributed by atoms with Gasteiger partial charge in [-0.15, -0.1) is 0 Å². The van der Waals surface area contributed by atoms with Crippen LogP contribution >= 0.6 is 11.6 Å². The summed E-state index contributed by atoms with van der Waals surface area (Å²) in [5.74, 6) is -1.55. The van der Waals surface area contributed by atoms with Crippen molar-refractivity contribution in [2.75, 3.05) is 18.4 Å². The maximum Gasteiger partial charge on any atom is 0.418 e. The Morgan fingerprint density at radius 1 is 1.21 bits per heavy atom. The zero-order chi connectivity index (χ0) is 21.8. The minimum Gasteiger partial charge on any atom is -0.330 e. The summed E-state index contributed by atoms with van der Waals surface area (Å²) in [7, 11) is 0. The molecule has 0 radical (unpaired) electrons. The third-order valence-corrected chi connectivity index (χ3v) is 4.22. The third kappa shape index (κ3) is 5.44. The van der Waals surface area contributed by atoms with Gasteiger partial charge in [0.05, 0.1) is 16.2 Å². The molecule has 0 bridgehead atoms. The van der Waals surface area contributed by atoms with Crippen molar-refractivity contribution >= 4 is 34.8 Å². The lowest BCUT2D eigenvalue weighted by Crippen LogP contribution is -2.38. The second kappa shape index (κ2) is 8.91. The molecule has 2 amide bonds. The van der Waals surface area contributed by atoms with Crippen LogP contribution in [0.5, 0.6) is 0 Å². The number of carbonyl (C=O) groups is 2. The molecule has 0 aliphatic heterocycles. The van der Waals surface area contributed by atoms with E-state index in [-0.39, 0.29) is 17.1 Å². The van der Waals surface area contributed by atoms with E-state index in [4.69, 9.17) is 11.6 Å². The van der Waals surface area contributed by atoms with Crippen molar-refractivity contribution < 1.29 is 27.7 Å². The number of nitrogens with zero attached hydrogens (tertiary/aromatic N) is 2. The molecule has 0 fully saturated rings. The summed E-state index contributed by atoms with van der Waals surface area (Å²) in [6, 6.07) is 7.86. The number of nitro benzene ring substituents is 1. The average Bonchev–Trinajstić information content (AvgIpc) is 2.65. The van der Waals surface area contributed by atoms with Gasteiger partial charge >= 0.3 is 6.18 Å². The van der Waals surface area contributed by atoms with Crippen LogP contribution in [0.1, 0.15) is 22.8 Å². The summed E-state index contributed by atoms with van der Waals surface area (Å²) in [6.07, 6.45) is -4.66. The molecule has 0 atom stereocenters. The Morgan fingerprint density at radius 3 is 2.45 bits per heavy atom. The molecule has 29 heavy (non-hydrogen) atoms. The number of hydrogen-bond acceptors (Lipinski definition) is 4. The van der Waals surface area contributed by atoms with E-state index in [2.05, 4.69) is 5.32 Å². The molecule has 11 heteroatoms. The fourth-order valence-corrected chi connectivity index (χ4v) is 2.68. The number of rotatable bonds is 6. The van der Waals surface area contributed by atoms with E-state index in [1.807, 2.05) is 0 Å². The Balaban J connectivity index is 2.18. The lowest BCUT2D eigenvalue weighted by Gasteiger charge is -2.21. The summed E-state index contributed by atoms with van der Waals surface area (Å²) >= 11 is 5.71. The standard InChI is InChI=1S/C18H15ClF3N3O4/c1-2-24(17(27)11-7-8-13(19)15(9-11)25(28)29)10-16(26)23-14-6-4-3-5-12(14)18(20,21)22/h3-9H,2,10H2,1H3,(H,23,26). The molecule has 7 nitrogen and oxygen atoms in total. The molecule has 1 N–H and O–H groups in total. The van der Waals surface area contributed by atoms with E-state index in [0.29, 0.717) is 0 Å². The highest BCUT2D eigenvalue weighted by Gasteiger charge is 2.33. The average molecular weight is 430 g/mol. The topological polar surface area (TPSA) is 92.6 Å². The van der Waals surface area contributed by atoms with Crippen molar-refractivity contribution in [2.45, 2.75) is 13.1 Å². The molecule has 0 aliphatic rings. The highest BCUT2D eigenvalue weighted by molar-refractivity contribution is 6.32. The molecule has 0 saturated heterocycles. The van der Waals surface area contributed by atoms with Gasteiger partial charge in [-0.3, -0.25) is 19.7 Å². The number of halogens is 4. The molecule has 154 valence electrons. The maximum absolute atomic E-state index is 13.0. The fraction of sp³-hybridized carbons (Fsp3) is 0.222. The van der Waals surface area contributed by atoms with Crippen molar-refractivity contribution in [3.05, 3.63) is 68.7 Å². The largest absolute Gasteiger partial charge is 0.418 e. The predicted octanol–water partition coefficient (Wildman–Crippen LogP) is 4.37. The quantitative estimate of drug-likeness (QED) is 0.545. The molecular weight excluding hydrogens is 415 g/mol. The monoisotopic (exact) mass is 429 g/mol. The number of para-hydroxylation sites is 1. The zero-order valence-electron chi connectivity index (χ0n) is 15.0. The molecule has 0 spiro atoms. The van der Waals surface area contributed by atoms with Gasteiger partial charge in [0.1, 0.15) is 11.6 Å². The molecule has 2 aromatic rings. The van der Waals surface area contributed by atoms with E-state index < -0.39 is 46.4 Å². The van der Waals surface area contributed by atoms with Gasteiger partial charge in [0.25, 0.3) is 11.6 Å². The van der Waals surface area contributed by atoms with Crippen LogP contribution in [-0.4, -0.2) is 34.7 Å². The van der Waals surface area contributed by atoms with Gasteiger partial charge in [0.2, 0.25) is 5.91 Å². The minimum absolute atomic E-state index is 0.0452. The van der Waals surface area contributed by atoms with Crippen molar-refractivity contribution in [1.29, 1.82) is 0 Å². The first-order valence-electron chi connectivity index (χ1n) is 8.24. The van der Waals surface area contributed by atoms with Crippen LogP contribution in [-0.2, 0) is 11.0 Å². The van der Waals surface area contributed by atoms with Gasteiger partial charge in [-0.05, 0) is 31.2 Å². The number of likely N-dealkylation sites (N-methyl/N-ethyl adjacent to an activating group) is 1.